The molecule has 0 aliphatic heterocycles. The van der Waals surface area contributed by atoms with Crippen molar-refractivity contribution in [1.29, 1.82) is 0 Å². The zero-order valence-electron chi connectivity index (χ0n) is 11.4. The maximum atomic E-state index is 11.1. The van der Waals surface area contributed by atoms with Gasteiger partial charge in [-0.3, -0.25) is 0 Å². The van der Waals surface area contributed by atoms with E-state index in [4.69, 9.17) is 5.11 Å². The van der Waals surface area contributed by atoms with Gasteiger partial charge in [0.05, 0.1) is 18.4 Å². The first-order valence-electron chi connectivity index (χ1n) is 6.35. The van der Waals surface area contributed by atoms with Crippen LogP contribution in [-0.4, -0.2) is 25.2 Å². The minimum Gasteiger partial charge on any atom is -0.478 e. The molecule has 0 spiro atoms. The second kappa shape index (κ2) is 4.52. The van der Waals surface area contributed by atoms with Crippen molar-refractivity contribution in [3.05, 3.63) is 53.7 Å². The van der Waals surface area contributed by atoms with Gasteiger partial charge in [0.2, 0.25) is 0 Å². The van der Waals surface area contributed by atoms with Crippen molar-refractivity contribution < 1.29 is 9.90 Å². The molecule has 0 saturated heterocycles. The minimum absolute atomic E-state index is 0.320. The molecule has 0 bridgehead atoms. The summed E-state index contributed by atoms with van der Waals surface area (Å²) < 4.78 is 4.11. The molecule has 0 fully saturated rings. The lowest BCUT2D eigenvalue weighted by atomic mass is 10.1. The topological polar surface area (TPSA) is 60.0 Å². The highest BCUT2D eigenvalue weighted by atomic mass is 16.4. The van der Waals surface area contributed by atoms with Crippen LogP contribution in [-0.2, 0) is 13.6 Å². The number of aromatic carboxylic acids is 1. The van der Waals surface area contributed by atoms with Crippen molar-refractivity contribution in [2.75, 3.05) is 0 Å². The van der Waals surface area contributed by atoms with Crippen LogP contribution in [0.2, 0.25) is 0 Å². The first-order chi connectivity index (χ1) is 9.58. The number of carboxylic acids is 1. The van der Waals surface area contributed by atoms with Crippen LogP contribution in [0, 0.1) is 6.92 Å². The van der Waals surface area contributed by atoms with Crippen LogP contribution >= 0.6 is 0 Å². The van der Waals surface area contributed by atoms with E-state index in [9.17, 15) is 4.79 Å². The van der Waals surface area contributed by atoms with Crippen LogP contribution < -0.4 is 0 Å². The van der Waals surface area contributed by atoms with E-state index in [2.05, 4.69) is 9.55 Å². The summed E-state index contributed by atoms with van der Waals surface area (Å²) >= 11 is 0. The second-order valence-corrected chi connectivity index (χ2v) is 4.90. The molecule has 2 heterocycles. The number of nitrogens with zero attached hydrogens (tertiary/aromatic N) is 3. The molecule has 1 aromatic carbocycles. The molecule has 0 atom stereocenters. The predicted octanol–water partition coefficient (Wildman–Crippen LogP) is 2.43. The van der Waals surface area contributed by atoms with Crippen LogP contribution in [0.5, 0.6) is 0 Å². The Hall–Kier alpha value is -2.56. The van der Waals surface area contributed by atoms with Crippen molar-refractivity contribution in [2.24, 2.45) is 7.05 Å². The van der Waals surface area contributed by atoms with Gasteiger partial charge in [-0.2, -0.15) is 0 Å². The summed E-state index contributed by atoms with van der Waals surface area (Å²) in [5.41, 5.74) is 3.63. The molecule has 0 amide bonds. The average Bonchev–Trinajstić information content (AvgIpc) is 3.02. The first-order valence-corrected chi connectivity index (χ1v) is 6.35. The lowest BCUT2D eigenvalue weighted by molar-refractivity contribution is 0.0697. The van der Waals surface area contributed by atoms with Crippen LogP contribution in [0.1, 0.15) is 21.6 Å². The van der Waals surface area contributed by atoms with E-state index in [0.717, 1.165) is 28.7 Å². The van der Waals surface area contributed by atoms with Gasteiger partial charge in [0, 0.05) is 36.0 Å². The van der Waals surface area contributed by atoms with Crippen LogP contribution in [0.3, 0.4) is 0 Å². The summed E-state index contributed by atoms with van der Waals surface area (Å²) in [6, 6.07) is 5.25. The number of aryl methyl sites for hydroxylation is 2. The molecule has 0 unspecified atom stereocenters. The molecule has 2 aromatic heterocycles. The number of rotatable bonds is 3. The molecule has 3 rings (SSSR count). The zero-order chi connectivity index (χ0) is 14.3. The Balaban J connectivity index is 2.16. The molecule has 3 aromatic rings. The number of carboxylic acid groups (broad SMARTS) is 1. The number of carbonyl (C=O) groups is 1. The number of hydrogen-bond donors (Lipinski definition) is 1. The lowest BCUT2D eigenvalue weighted by Gasteiger charge is -2.06. The molecular weight excluding hydrogens is 254 g/mol. The third-order valence-corrected chi connectivity index (χ3v) is 3.74. The zero-order valence-corrected chi connectivity index (χ0v) is 11.4. The fourth-order valence-corrected chi connectivity index (χ4v) is 2.59. The van der Waals surface area contributed by atoms with Crippen molar-refractivity contribution in [3.8, 4) is 0 Å². The van der Waals surface area contributed by atoms with E-state index in [1.165, 1.54) is 0 Å². The molecule has 0 radical (unpaired) electrons. The van der Waals surface area contributed by atoms with Crippen molar-refractivity contribution in [3.63, 3.8) is 0 Å². The summed E-state index contributed by atoms with van der Waals surface area (Å²) in [6.45, 7) is 2.75. The van der Waals surface area contributed by atoms with Gasteiger partial charge in [0.1, 0.15) is 0 Å². The van der Waals surface area contributed by atoms with E-state index >= 15 is 0 Å². The van der Waals surface area contributed by atoms with Gasteiger partial charge in [-0.1, -0.05) is 0 Å². The molecule has 102 valence electrons. The Labute approximate surface area is 116 Å². The number of hydrogen-bond acceptors (Lipinski definition) is 2. The van der Waals surface area contributed by atoms with Gasteiger partial charge in [0.25, 0.3) is 0 Å². The fraction of sp³-hybridized carbons (Fsp3) is 0.200. The second-order valence-electron chi connectivity index (χ2n) is 4.90. The van der Waals surface area contributed by atoms with Crippen molar-refractivity contribution >= 4 is 16.9 Å². The first kappa shape index (κ1) is 12.5. The van der Waals surface area contributed by atoms with Gasteiger partial charge in [-0.25, -0.2) is 9.78 Å². The molecule has 5 heteroatoms. The van der Waals surface area contributed by atoms with Crippen molar-refractivity contribution in [1.82, 2.24) is 14.1 Å². The SMILES string of the molecule is Cc1c(Cn2ccnc2)n(C)c2ccc(C(=O)O)cc12. The van der Waals surface area contributed by atoms with E-state index < -0.39 is 5.97 Å². The number of fused-ring (bicyclic) bond motifs is 1. The highest BCUT2D eigenvalue weighted by Crippen LogP contribution is 2.26. The van der Waals surface area contributed by atoms with Gasteiger partial charge in [-0.05, 0) is 30.7 Å². The quantitative estimate of drug-likeness (QED) is 0.794. The maximum Gasteiger partial charge on any atom is 0.335 e. The highest BCUT2D eigenvalue weighted by molar-refractivity contribution is 5.95. The Morgan fingerprint density at radius 3 is 2.85 bits per heavy atom. The highest BCUT2D eigenvalue weighted by Gasteiger charge is 2.14. The lowest BCUT2D eigenvalue weighted by Crippen LogP contribution is -2.04. The van der Waals surface area contributed by atoms with E-state index in [-0.39, 0.29) is 0 Å². The van der Waals surface area contributed by atoms with E-state index in [1.807, 2.05) is 30.8 Å². The number of benzene rings is 1. The maximum absolute atomic E-state index is 11.1. The van der Waals surface area contributed by atoms with E-state index in [1.54, 1.807) is 24.7 Å². The molecule has 0 saturated carbocycles. The summed E-state index contributed by atoms with van der Waals surface area (Å²) in [6.07, 6.45) is 5.44. The molecule has 5 nitrogen and oxygen atoms in total. The average molecular weight is 269 g/mol. The Morgan fingerprint density at radius 2 is 2.20 bits per heavy atom. The standard InChI is InChI=1S/C15H15N3O2/c1-10-12-7-11(15(19)20)3-4-13(12)17(2)14(10)8-18-6-5-16-9-18/h3-7,9H,8H2,1-2H3,(H,19,20). The summed E-state index contributed by atoms with van der Waals surface area (Å²) in [7, 11) is 2.00. The van der Waals surface area contributed by atoms with Crippen LogP contribution in [0.4, 0.5) is 0 Å². The molecule has 0 aliphatic carbocycles. The Kier molecular flexibility index (Phi) is 2.82. The number of imidazole rings is 1. The molecular formula is C15H15N3O2. The van der Waals surface area contributed by atoms with Crippen molar-refractivity contribution in [2.45, 2.75) is 13.5 Å². The largest absolute Gasteiger partial charge is 0.478 e. The van der Waals surface area contributed by atoms with E-state index in [0.29, 0.717) is 5.56 Å². The predicted molar refractivity (Wildman–Crippen MR) is 75.9 cm³/mol. The Morgan fingerprint density at radius 1 is 1.40 bits per heavy atom. The summed E-state index contributed by atoms with van der Waals surface area (Å²) in [4.78, 5) is 15.1. The molecule has 0 aliphatic rings. The summed E-state index contributed by atoms with van der Waals surface area (Å²) in [5.74, 6) is -0.897. The molecule has 20 heavy (non-hydrogen) atoms. The summed E-state index contributed by atoms with van der Waals surface area (Å²) in [5, 5.41) is 10.1. The Bertz CT molecular complexity index is 785. The minimum atomic E-state index is -0.897. The monoisotopic (exact) mass is 269 g/mol. The fourth-order valence-electron chi connectivity index (χ4n) is 2.59. The number of aromatic nitrogens is 3. The third kappa shape index (κ3) is 1.87. The van der Waals surface area contributed by atoms with Gasteiger partial charge < -0.3 is 14.2 Å². The third-order valence-electron chi connectivity index (χ3n) is 3.74. The molecule has 1 N–H and O–H groups in total. The van der Waals surface area contributed by atoms with Crippen LogP contribution in [0.15, 0.2) is 36.9 Å². The normalized spacial score (nSPS) is 11.1. The van der Waals surface area contributed by atoms with Gasteiger partial charge in [-0.15, -0.1) is 0 Å². The smallest absolute Gasteiger partial charge is 0.335 e. The van der Waals surface area contributed by atoms with Crippen LogP contribution in [0.25, 0.3) is 10.9 Å². The van der Waals surface area contributed by atoms with Gasteiger partial charge >= 0.3 is 5.97 Å². The van der Waals surface area contributed by atoms with Gasteiger partial charge in [0.15, 0.2) is 0 Å².